The van der Waals surface area contributed by atoms with Crippen molar-refractivity contribution in [3.8, 4) is 5.75 Å². The first kappa shape index (κ1) is 17.8. The van der Waals surface area contributed by atoms with E-state index in [0.717, 1.165) is 29.4 Å². The summed E-state index contributed by atoms with van der Waals surface area (Å²) >= 11 is 6.27. The molecule has 2 N–H and O–H groups in total. The molecule has 1 unspecified atom stereocenters. The lowest BCUT2D eigenvalue weighted by Crippen LogP contribution is -2.50. The molecular weight excluding hydrogens is 360 g/mol. The molecule has 1 aliphatic rings. The van der Waals surface area contributed by atoms with Crippen molar-refractivity contribution in [3.63, 3.8) is 0 Å². The number of rotatable bonds is 5. The molecule has 0 radical (unpaired) electrons. The molecule has 3 aromatic carbocycles. The van der Waals surface area contributed by atoms with Gasteiger partial charge in [-0.1, -0.05) is 54.1 Å². The number of hydrogen-bond donors (Lipinski definition) is 2. The highest BCUT2D eigenvalue weighted by atomic mass is 35.5. The zero-order valence-electron chi connectivity index (χ0n) is 15.0. The number of hydrogen-bond acceptors (Lipinski definition) is 3. The Kier molecular flexibility index (Phi) is 5.01. The molecule has 27 heavy (non-hydrogen) atoms. The fourth-order valence-electron chi connectivity index (χ4n) is 3.27. The molecule has 3 aromatic rings. The number of fused-ring (bicyclic) bond motifs is 1. The van der Waals surface area contributed by atoms with Gasteiger partial charge in [-0.05, 0) is 41.5 Å². The summed E-state index contributed by atoms with van der Waals surface area (Å²) in [4.78, 5) is 12.8. The molecular formula is C22H21ClN2O2. The topological polar surface area (TPSA) is 50.4 Å². The molecule has 1 aliphatic heterocycles. The van der Waals surface area contributed by atoms with Gasteiger partial charge in [0.2, 0.25) is 0 Å². The molecule has 1 amide bonds. The summed E-state index contributed by atoms with van der Waals surface area (Å²) in [6, 6.07) is 19.3. The van der Waals surface area contributed by atoms with Crippen LogP contribution in [0.2, 0.25) is 5.02 Å². The second-order valence-corrected chi connectivity index (χ2v) is 7.21. The molecule has 1 saturated heterocycles. The second-order valence-electron chi connectivity index (χ2n) is 6.80. The van der Waals surface area contributed by atoms with Gasteiger partial charge >= 0.3 is 0 Å². The largest absolute Gasteiger partial charge is 0.488 e. The standard InChI is InChI=1S/C22H21ClN2O2/c1-14(18-8-4-6-15-5-2-3-7-19(15)18)25-22(26)20-11-16(9-10-21(20)23)27-17-12-24-13-17/h2-11,14,17,24H,12-13H2,1H3,(H,25,26). The second kappa shape index (κ2) is 7.59. The molecule has 1 fully saturated rings. The van der Waals surface area contributed by atoms with Crippen LogP contribution in [0.4, 0.5) is 0 Å². The molecule has 0 aliphatic carbocycles. The molecule has 4 nitrogen and oxygen atoms in total. The average Bonchev–Trinajstić information content (AvgIpc) is 2.65. The van der Waals surface area contributed by atoms with Crippen LogP contribution in [0.15, 0.2) is 60.7 Å². The van der Waals surface area contributed by atoms with Crippen LogP contribution in [-0.2, 0) is 0 Å². The Morgan fingerprint density at radius 2 is 1.93 bits per heavy atom. The van der Waals surface area contributed by atoms with Gasteiger partial charge in [-0.15, -0.1) is 0 Å². The monoisotopic (exact) mass is 380 g/mol. The van der Waals surface area contributed by atoms with E-state index in [0.29, 0.717) is 16.3 Å². The fourth-order valence-corrected chi connectivity index (χ4v) is 3.47. The maximum Gasteiger partial charge on any atom is 0.253 e. The lowest BCUT2D eigenvalue weighted by molar-refractivity contribution is 0.0938. The lowest BCUT2D eigenvalue weighted by Gasteiger charge is -2.28. The van der Waals surface area contributed by atoms with E-state index in [1.165, 1.54) is 0 Å². The van der Waals surface area contributed by atoms with Crippen molar-refractivity contribution in [3.05, 3.63) is 76.8 Å². The first-order valence-corrected chi connectivity index (χ1v) is 9.45. The van der Waals surface area contributed by atoms with E-state index in [1.54, 1.807) is 18.2 Å². The predicted molar refractivity (Wildman–Crippen MR) is 109 cm³/mol. The number of carbonyl (C=O) groups is 1. The summed E-state index contributed by atoms with van der Waals surface area (Å²) in [5.41, 5.74) is 1.50. The van der Waals surface area contributed by atoms with Gasteiger partial charge in [0, 0.05) is 13.1 Å². The van der Waals surface area contributed by atoms with E-state index in [-0.39, 0.29) is 18.1 Å². The van der Waals surface area contributed by atoms with Crippen molar-refractivity contribution >= 4 is 28.3 Å². The van der Waals surface area contributed by atoms with Crippen molar-refractivity contribution in [2.75, 3.05) is 13.1 Å². The molecule has 0 bridgehead atoms. The van der Waals surface area contributed by atoms with Crippen LogP contribution in [0.1, 0.15) is 28.9 Å². The minimum atomic E-state index is -0.211. The maximum atomic E-state index is 12.8. The number of amides is 1. The Labute approximate surface area is 163 Å². The van der Waals surface area contributed by atoms with Crippen molar-refractivity contribution < 1.29 is 9.53 Å². The first-order valence-electron chi connectivity index (χ1n) is 9.07. The SMILES string of the molecule is CC(NC(=O)c1cc(OC2CNC2)ccc1Cl)c1cccc2ccccc12. The maximum absolute atomic E-state index is 12.8. The van der Waals surface area contributed by atoms with E-state index < -0.39 is 0 Å². The van der Waals surface area contributed by atoms with Crippen LogP contribution < -0.4 is 15.4 Å². The van der Waals surface area contributed by atoms with Crippen LogP contribution >= 0.6 is 11.6 Å². The molecule has 138 valence electrons. The third kappa shape index (κ3) is 3.77. The van der Waals surface area contributed by atoms with E-state index in [2.05, 4.69) is 28.8 Å². The van der Waals surface area contributed by atoms with Gasteiger partial charge in [0.25, 0.3) is 5.91 Å². The van der Waals surface area contributed by atoms with Gasteiger partial charge in [-0.3, -0.25) is 4.79 Å². The molecule has 1 heterocycles. The fraction of sp³-hybridized carbons (Fsp3) is 0.227. The van der Waals surface area contributed by atoms with E-state index in [1.807, 2.05) is 31.2 Å². The Balaban J connectivity index is 1.55. The van der Waals surface area contributed by atoms with E-state index in [4.69, 9.17) is 16.3 Å². The van der Waals surface area contributed by atoms with Crippen LogP contribution in [-0.4, -0.2) is 25.1 Å². The summed E-state index contributed by atoms with van der Waals surface area (Å²) in [6.07, 6.45) is 0.150. The van der Waals surface area contributed by atoms with Crippen LogP contribution in [0, 0.1) is 0 Å². The Hall–Kier alpha value is -2.56. The van der Waals surface area contributed by atoms with Crippen molar-refractivity contribution in [2.45, 2.75) is 19.1 Å². The molecule has 5 heteroatoms. The van der Waals surface area contributed by atoms with E-state index >= 15 is 0 Å². The van der Waals surface area contributed by atoms with Crippen molar-refractivity contribution in [1.82, 2.24) is 10.6 Å². The quantitative estimate of drug-likeness (QED) is 0.692. The Morgan fingerprint density at radius 3 is 2.70 bits per heavy atom. The smallest absolute Gasteiger partial charge is 0.253 e. The van der Waals surface area contributed by atoms with Gasteiger partial charge in [-0.2, -0.15) is 0 Å². The van der Waals surface area contributed by atoms with Gasteiger partial charge in [0.1, 0.15) is 11.9 Å². The number of halogens is 1. The van der Waals surface area contributed by atoms with E-state index in [9.17, 15) is 4.79 Å². The summed E-state index contributed by atoms with van der Waals surface area (Å²) in [5.74, 6) is 0.450. The lowest BCUT2D eigenvalue weighted by atomic mass is 9.99. The van der Waals surface area contributed by atoms with Crippen LogP contribution in [0.5, 0.6) is 5.75 Å². The summed E-state index contributed by atoms with van der Waals surface area (Å²) in [6.45, 7) is 3.62. The Bertz CT molecular complexity index is 980. The van der Waals surface area contributed by atoms with Gasteiger partial charge in [0.15, 0.2) is 0 Å². The predicted octanol–water partition coefficient (Wildman–Crippen LogP) is 4.33. The summed E-state index contributed by atoms with van der Waals surface area (Å²) < 4.78 is 5.84. The van der Waals surface area contributed by atoms with Crippen molar-refractivity contribution in [2.24, 2.45) is 0 Å². The van der Waals surface area contributed by atoms with Gasteiger partial charge in [0.05, 0.1) is 16.6 Å². The first-order chi connectivity index (χ1) is 13.1. The third-order valence-corrected chi connectivity index (χ3v) is 5.20. The highest BCUT2D eigenvalue weighted by Gasteiger charge is 2.20. The highest BCUT2D eigenvalue weighted by molar-refractivity contribution is 6.33. The Morgan fingerprint density at radius 1 is 1.15 bits per heavy atom. The van der Waals surface area contributed by atoms with Crippen LogP contribution in [0.25, 0.3) is 10.8 Å². The van der Waals surface area contributed by atoms with Crippen molar-refractivity contribution in [1.29, 1.82) is 0 Å². The number of benzene rings is 3. The minimum Gasteiger partial charge on any atom is -0.488 e. The number of nitrogens with one attached hydrogen (secondary N) is 2. The molecule has 0 spiro atoms. The third-order valence-electron chi connectivity index (χ3n) is 4.87. The number of carbonyl (C=O) groups excluding carboxylic acids is 1. The summed E-state index contributed by atoms with van der Waals surface area (Å²) in [5, 5.41) is 8.92. The average molecular weight is 381 g/mol. The molecule has 0 saturated carbocycles. The zero-order valence-corrected chi connectivity index (χ0v) is 15.8. The number of ether oxygens (including phenoxy) is 1. The van der Waals surface area contributed by atoms with Crippen LogP contribution in [0.3, 0.4) is 0 Å². The van der Waals surface area contributed by atoms with Gasteiger partial charge < -0.3 is 15.4 Å². The zero-order chi connectivity index (χ0) is 18.8. The molecule has 4 rings (SSSR count). The highest BCUT2D eigenvalue weighted by Crippen LogP contribution is 2.27. The summed E-state index contributed by atoms with van der Waals surface area (Å²) in [7, 11) is 0. The molecule has 1 atom stereocenters. The molecule has 0 aromatic heterocycles. The van der Waals surface area contributed by atoms with Gasteiger partial charge in [-0.25, -0.2) is 0 Å². The normalized spacial score (nSPS) is 15.2. The minimum absolute atomic E-state index is 0.150.